The number of ketones is 1. The molecule has 0 fully saturated rings. The molecule has 0 radical (unpaired) electrons. The van der Waals surface area contributed by atoms with E-state index < -0.39 is 0 Å². The lowest BCUT2D eigenvalue weighted by Crippen LogP contribution is -2.03. The van der Waals surface area contributed by atoms with Crippen molar-refractivity contribution in [1.82, 2.24) is 14.6 Å². The lowest BCUT2D eigenvalue weighted by molar-refractivity contribution is -0.118. The second kappa shape index (κ2) is 3.57. The Bertz CT molecular complexity index is 461. The summed E-state index contributed by atoms with van der Waals surface area (Å²) in [5.41, 5.74) is 1.59. The summed E-state index contributed by atoms with van der Waals surface area (Å²) in [6, 6.07) is 3.65. The predicted molar refractivity (Wildman–Crippen MR) is 52.0 cm³/mol. The van der Waals surface area contributed by atoms with E-state index in [0.717, 1.165) is 11.3 Å². The number of fused-ring (bicyclic) bond motifs is 1. The monoisotopic (exact) mass is 189 g/mol. The van der Waals surface area contributed by atoms with E-state index in [1.54, 1.807) is 10.7 Å². The van der Waals surface area contributed by atoms with Crippen molar-refractivity contribution in [3.8, 4) is 0 Å². The van der Waals surface area contributed by atoms with Crippen LogP contribution in [-0.4, -0.2) is 20.4 Å². The zero-order valence-corrected chi connectivity index (χ0v) is 7.97. The Hall–Kier alpha value is -1.71. The quantitative estimate of drug-likeness (QED) is 0.730. The third-order valence-corrected chi connectivity index (χ3v) is 2.09. The van der Waals surface area contributed by atoms with Crippen LogP contribution >= 0.6 is 0 Å². The minimum absolute atomic E-state index is 0.210. The van der Waals surface area contributed by atoms with Crippen molar-refractivity contribution < 1.29 is 4.79 Å². The highest BCUT2D eigenvalue weighted by molar-refractivity contribution is 5.80. The molecular formula is C10H11N3O. The Balaban J connectivity index is 2.30. The zero-order valence-electron chi connectivity index (χ0n) is 7.97. The van der Waals surface area contributed by atoms with Gasteiger partial charge in [-0.2, -0.15) is 5.10 Å². The molecule has 4 nitrogen and oxygen atoms in total. The molecule has 2 heterocycles. The number of carbonyl (C=O) groups is 1. The van der Waals surface area contributed by atoms with Crippen LogP contribution in [0.15, 0.2) is 24.5 Å². The first-order chi connectivity index (χ1) is 6.79. The van der Waals surface area contributed by atoms with Crippen LogP contribution in [0, 0.1) is 0 Å². The molecular weight excluding hydrogens is 178 g/mol. The summed E-state index contributed by atoms with van der Waals surface area (Å²) < 4.78 is 1.68. The molecule has 0 spiro atoms. The van der Waals surface area contributed by atoms with Crippen molar-refractivity contribution >= 4 is 11.4 Å². The molecule has 2 aromatic heterocycles. The third kappa shape index (κ3) is 1.64. The lowest BCUT2D eigenvalue weighted by atomic mass is 10.2. The van der Waals surface area contributed by atoms with E-state index in [0.29, 0.717) is 12.8 Å². The SMILES string of the molecule is CCC(=O)Cc1ccn2nccc2n1. The molecule has 0 saturated heterocycles. The van der Waals surface area contributed by atoms with Gasteiger partial charge in [-0.1, -0.05) is 6.92 Å². The maximum Gasteiger partial charge on any atom is 0.155 e. The van der Waals surface area contributed by atoms with Gasteiger partial charge < -0.3 is 0 Å². The van der Waals surface area contributed by atoms with Crippen molar-refractivity contribution in [2.45, 2.75) is 19.8 Å². The van der Waals surface area contributed by atoms with E-state index >= 15 is 0 Å². The molecule has 0 N–H and O–H groups in total. The largest absolute Gasteiger partial charge is 0.299 e. The highest BCUT2D eigenvalue weighted by Crippen LogP contribution is 2.02. The molecule has 0 saturated carbocycles. The van der Waals surface area contributed by atoms with Crippen LogP contribution in [0.25, 0.3) is 5.65 Å². The van der Waals surface area contributed by atoms with E-state index in [9.17, 15) is 4.79 Å². The zero-order chi connectivity index (χ0) is 9.97. The summed E-state index contributed by atoms with van der Waals surface area (Å²) in [5.74, 6) is 0.210. The molecule has 0 aliphatic heterocycles. The maximum atomic E-state index is 11.2. The summed E-state index contributed by atoms with van der Waals surface area (Å²) in [6.07, 6.45) is 4.48. The molecule has 0 aromatic carbocycles. The summed E-state index contributed by atoms with van der Waals surface area (Å²) in [5, 5.41) is 4.03. The fourth-order valence-corrected chi connectivity index (χ4v) is 1.28. The molecule has 2 aromatic rings. The first-order valence-corrected chi connectivity index (χ1v) is 4.60. The standard InChI is InChI=1S/C10H11N3O/c1-2-9(14)7-8-4-6-13-10(12-8)3-5-11-13/h3-6H,2,7H2,1H3. The molecule has 0 amide bonds. The highest BCUT2D eigenvalue weighted by Gasteiger charge is 2.03. The summed E-state index contributed by atoms with van der Waals surface area (Å²) >= 11 is 0. The number of aromatic nitrogens is 3. The molecule has 14 heavy (non-hydrogen) atoms. The van der Waals surface area contributed by atoms with E-state index in [4.69, 9.17) is 0 Å². The first kappa shape index (κ1) is 8.87. The second-order valence-corrected chi connectivity index (χ2v) is 3.12. The highest BCUT2D eigenvalue weighted by atomic mass is 16.1. The Labute approximate surface area is 81.6 Å². The minimum Gasteiger partial charge on any atom is -0.299 e. The molecule has 0 atom stereocenters. The van der Waals surface area contributed by atoms with Crippen molar-refractivity contribution in [2.24, 2.45) is 0 Å². The Kier molecular flexibility index (Phi) is 2.26. The van der Waals surface area contributed by atoms with Gasteiger partial charge in [-0.15, -0.1) is 0 Å². The van der Waals surface area contributed by atoms with Gasteiger partial charge >= 0.3 is 0 Å². The van der Waals surface area contributed by atoms with Gasteiger partial charge in [0.05, 0.1) is 11.9 Å². The third-order valence-electron chi connectivity index (χ3n) is 2.09. The normalized spacial score (nSPS) is 10.6. The number of Topliss-reactive ketones (excluding diaryl/α,β-unsaturated/α-hetero) is 1. The van der Waals surface area contributed by atoms with Gasteiger partial charge in [0.1, 0.15) is 5.78 Å². The van der Waals surface area contributed by atoms with Gasteiger partial charge in [-0.05, 0) is 6.07 Å². The van der Waals surface area contributed by atoms with Gasteiger partial charge in [0, 0.05) is 25.1 Å². The van der Waals surface area contributed by atoms with Gasteiger partial charge in [0.25, 0.3) is 0 Å². The minimum atomic E-state index is 0.210. The lowest BCUT2D eigenvalue weighted by Gasteiger charge is -1.98. The second-order valence-electron chi connectivity index (χ2n) is 3.12. The predicted octanol–water partition coefficient (Wildman–Crippen LogP) is 1.25. The van der Waals surface area contributed by atoms with Gasteiger partial charge in [-0.3, -0.25) is 4.79 Å². The Morgan fingerprint density at radius 3 is 3.14 bits per heavy atom. The molecule has 2 rings (SSSR count). The van der Waals surface area contributed by atoms with E-state index in [1.807, 2.05) is 25.3 Å². The fraction of sp³-hybridized carbons (Fsp3) is 0.300. The van der Waals surface area contributed by atoms with Crippen molar-refractivity contribution in [3.05, 3.63) is 30.2 Å². The number of hydrogen-bond donors (Lipinski definition) is 0. The van der Waals surface area contributed by atoms with Crippen molar-refractivity contribution in [2.75, 3.05) is 0 Å². The van der Waals surface area contributed by atoms with Crippen LogP contribution in [0.5, 0.6) is 0 Å². The summed E-state index contributed by atoms with van der Waals surface area (Å²) in [7, 11) is 0. The number of rotatable bonds is 3. The van der Waals surface area contributed by atoms with Crippen LogP contribution < -0.4 is 0 Å². The van der Waals surface area contributed by atoms with Gasteiger partial charge in [-0.25, -0.2) is 9.50 Å². The molecule has 0 aliphatic carbocycles. The smallest absolute Gasteiger partial charge is 0.155 e. The van der Waals surface area contributed by atoms with Crippen LogP contribution in [0.3, 0.4) is 0 Å². The van der Waals surface area contributed by atoms with Crippen LogP contribution in [-0.2, 0) is 11.2 Å². The summed E-state index contributed by atoms with van der Waals surface area (Å²) in [6.45, 7) is 1.86. The fourth-order valence-electron chi connectivity index (χ4n) is 1.28. The number of carbonyl (C=O) groups excluding carboxylic acids is 1. The average Bonchev–Trinajstić information content (AvgIpc) is 2.64. The molecule has 72 valence electrons. The van der Waals surface area contributed by atoms with Crippen molar-refractivity contribution in [3.63, 3.8) is 0 Å². The summed E-state index contributed by atoms with van der Waals surface area (Å²) in [4.78, 5) is 15.5. The maximum absolute atomic E-state index is 11.2. The molecule has 0 bridgehead atoms. The van der Waals surface area contributed by atoms with Crippen molar-refractivity contribution in [1.29, 1.82) is 0 Å². The van der Waals surface area contributed by atoms with Gasteiger partial charge in [0.15, 0.2) is 5.65 Å². The topological polar surface area (TPSA) is 47.3 Å². The molecule has 0 unspecified atom stereocenters. The van der Waals surface area contributed by atoms with Gasteiger partial charge in [0.2, 0.25) is 0 Å². The first-order valence-electron chi connectivity index (χ1n) is 4.60. The average molecular weight is 189 g/mol. The Morgan fingerprint density at radius 1 is 1.50 bits per heavy atom. The van der Waals surface area contributed by atoms with E-state index in [1.165, 1.54) is 0 Å². The molecule has 0 aliphatic rings. The molecule has 4 heteroatoms. The van der Waals surface area contributed by atoms with Crippen LogP contribution in [0.2, 0.25) is 0 Å². The van der Waals surface area contributed by atoms with E-state index in [2.05, 4.69) is 10.1 Å². The number of nitrogens with zero attached hydrogens (tertiary/aromatic N) is 3. The van der Waals surface area contributed by atoms with Crippen LogP contribution in [0.1, 0.15) is 19.0 Å². The Morgan fingerprint density at radius 2 is 2.36 bits per heavy atom. The van der Waals surface area contributed by atoms with E-state index in [-0.39, 0.29) is 5.78 Å². The number of hydrogen-bond acceptors (Lipinski definition) is 3. The van der Waals surface area contributed by atoms with Crippen LogP contribution in [0.4, 0.5) is 0 Å².